The molecule has 0 amide bonds. The zero-order valence-electron chi connectivity index (χ0n) is 13.6. The fourth-order valence-electron chi connectivity index (χ4n) is 2.55. The molecule has 27 heavy (non-hydrogen) atoms. The van der Waals surface area contributed by atoms with Crippen molar-refractivity contribution in [2.45, 2.75) is 0 Å². The molecule has 0 aliphatic carbocycles. The van der Waals surface area contributed by atoms with Crippen molar-refractivity contribution in [3.05, 3.63) is 86.4 Å². The van der Waals surface area contributed by atoms with Crippen LogP contribution in [-0.4, -0.2) is 16.0 Å². The van der Waals surface area contributed by atoms with Crippen LogP contribution >= 0.6 is 23.2 Å². The third kappa shape index (κ3) is 4.02. The lowest BCUT2D eigenvalue weighted by Crippen LogP contribution is -2.04. The topological polar surface area (TPSA) is 92.5 Å². The van der Waals surface area contributed by atoms with E-state index in [1.165, 1.54) is 12.1 Å². The molecule has 0 radical (unpaired) electrons. The predicted octanol–water partition coefficient (Wildman–Crippen LogP) is 6.01. The highest BCUT2D eigenvalue weighted by Crippen LogP contribution is 2.34. The van der Waals surface area contributed by atoms with Gasteiger partial charge in [-0.25, -0.2) is 4.79 Å². The molecule has 0 heterocycles. The van der Waals surface area contributed by atoms with E-state index in [1.807, 2.05) is 18.2 Å². The molecule has 0 saturated heterocycles. The largest absolute Gasteiger partial charge is 0.478 e. The van der Waals surface area contributed by atoms with Crippen LogP contribution in [0, 0.1) is 10.1 Å². The Balaban J connectivity index is 1.90. The highest BCUT2D eigenvalue weighted by molar-refractivity contribution is 6.43. The maximum Gasteiger partial charge on any atom is 0.338 e. The van der Waals surface area contributed by atoms with E-state index in [-0.39, 0.29) is 16.9 Å². The minimum absolute atomic E-state index is 0.189. The first-order valence-electron chi connectivity index (χ1n) is 7.70. The van der Waals surface area contributed by atoms with Crippen LogP contribution in [0.3, 0.4) is 0 Å². The summed E-state index contributed by atoms with van der Waals surface area (Å²) in [5.74, 6) is -1.26. The van der Waals surface area contributed by atoms with Crippen LogP contribution in [0.4, 0.5) is 17.1 Å². The fourth-order valence-corrected chi connectivity index (χ4v) is 2.96. The number of nitrogens with zero attached hydrogens (tertiary/aromatic N) is 1. The van der Waals surface area contributed by atoms with Crippen LogP contribution in [0.25, 0.3) is 11.1 Å². The number of rotatable bonds is 5. The van der Waals surface area contributed by atoms with Gasteiger partial charge in [0.15, 0.2) is 0 Å². The molecule has 0 saturated carbocycles. The molecule has 3 rings (SSSR count). The number of carbonyl (C=O) groups is 1. The molecule has 0 aromatic heterocycles. The van der Waals surface area contributed by atoms with Crippen LogP contribution in [0.5, 0.6) is 0 Å². The number of anilines is 2. The van der Waals surface area contributed by atoms with E-state index in [4.69, 9.17) is 23.2 Å². The van der Waals surface area contributed by atoms with Gasteiger partial charge in [-0.2, -0.15) is 0 Å². The first kappa shape index (κ1) is 18.7. The quantitative estimate of drug-likeness (QED) is 0.402. The Hall–Kier alpha value is -3.09. The lowest BCUT2D eigenvalue weighted by molar-refractivity contribution is -0.384. The summed E-state index contributed by atoms with van der Waals surface area (Å²) in [6.07, 6.45) is 0. The van der Waals surface area contributed by atoms with E-state index in [1.54, 1.807) is 24.3 Å². The summed E-state index contributed by atoms with van der Waals surface area (Å²) in [6, 6.07) is 16.1. The number of nitro groups is 1. The Morgan fingerprint density at radius 2 is 1.74 bits per heavy atom. The number of nitrogens with one attached hydrogen (secondary N) is 1. The average Bonchev–Trinajstić information content (AvgIpc) is 2.65. The smallest absolute Gasteiger partial charge is 0.338 e. The second kappa shape index (κ2) is 7.65. The number of hydrogen-bond acceptors (Lipinski definition) is 4. The van der Waals surface area contributed by atoms with Gasteiger partial charge in [-0.05, 0) is 29.8 Å². The molecule has 0 fully saturated rings. The Labute approximate surface area is 164 Å². The standard InChI is InChI=1S/C19H12Cl2N2O4/c20-16-3-1-2-14(18(16)21)11-4-6-12(7-5-11)22-17-9-8-13(23(26)27)10-15(17)19(24)25/h1-10,22H,(H,24,25). The van der Waals surface area contributed by atoms with Gasteiger partial charge in [0.2, 0.25) is 0 Å². The second-order valence-corrected chi connectivity index (χ2v) is 6.38. The number of benzene rings is 3. The van der Waals surface area contributed by atoms with E-state index >= 15 is 0 Å². The van der Waals surface area contributed by atoms with Gasteiger partial charge in [0.05, 0.1) is 26.2 Å². The molecule has 0 bridgehead atoms. The van der Waals surface area contributed by atoms with Crippen LogP contribution in [0.2, 0.25) is 10.0 Å². The van der Waals surface area contributed by atoms with E-state index in [0.717, 1.165) is 17.2 Å². The summed E-state index contributed by atoms with van der Waals surface area (Å²) in [7, 11) is 0. The number of nitro benzene ring substituents is 1. The van der Waals surface area contributed by atoms with Gasteiger partial charge in [-0.1, -0.05) is 47.5 Å². The van der Waals surface area contributed by atoms with Crippen molar-refractivity contribution in [3.63, 3.8) is 0 Å². The van der Waals surface area contributed by atoms with Crippen molar-refractivity contribution in [1.82, 2.24) is 0 Å². The van der Waals surface area contributed by atoms with Crippen LogP contribution in [0.15, 0.2) is 60.7 Å². The third-order valence-electron chi connectivity index (χ3n) is 3.87. The Morgan fingerprint density at radius 1 is 1.04 bits per heavy atom. The first-order valence-corrected chi connectivity index (χ1v) is 8.45. The van der Waals surface area contributed by atoms with Gasteiger partial charge in [0.1, 0.15) is 0 Å². The molecule has 0 atom stereocenters. The number of aromatic carboxylic acids is 1. The monoisotopic (exact) mass is 402 g/mol. The molecular weight excluding hydrogens is 391 g/mol. The first-order chi connectivity index (χ1) is 12.9. The van der Waals surface area contributed by atoms with Crippen molar-refractivity contribution >= 4 is 46.2 Å². The maximum absolute atomic E-state index is 11.4. The van der Waals surface area contributed by atoms with Crippen LogP contribution < -0.4 is 5.32 Å². The number of non-ortho nitro benzene ring substituents is 1. The summed E-state index contributed by atoms with van der Waals surface area (Å²) in [4.78, 5) is 21.6. The highest BCUT2D eigenvalue weighted by atomic mass is 35.5. The Kier molecular flexibility index (Phi) is 5.30. The fraction of sp³-hybridized carbons (Fsp3) is 0. The zero-order chi connectivity index (χ0) is 19.6. The summed E-state index contributed by atoms with van der Waals surface area (Å²) in [5.41, 5.74) is 2.01. The second-order valence-electron chi connectivity index (χ2n) is 5.60. The summed E-state index contributed by atoms with van der Waals surface area (Å²) < 4.78 is 0. The number of hydrogen-bond donors (Lipinski definition) is 2. The molecule has 3 aromatic rings. The molecule has 0 spiro atoms. The lowest BCUT2D eigenvalue weighted by atomic mass is 10.1. The molecule has 8 heteroatoms. The molecule has 2 N–H and O–H groups in total. The number of carboxylic acid groups (broad SMARTS) is 1. The molecule has 0 aliphatic rings. The van der Waals surface area contributed by atoms with Crippen molar-refractivity contribution in [2.75, 3.05) is 5.32 Å². The predicted molar refractivity (Wildman–Crippen MR) is 105 cm³/mol. The van der Waals surface area contributed by atoms with Gasteiger partial charge in [0, 0.05) is 23.4 Å². The van der Waals surface area contributed by atoms with E-state index in [0.29, 0.717) is 15.7 Å². The molecule has 0 unspecified atom stereocenters. The summed E-state index contributed by atoms with van der Waals surface area (Å²) in [5, 5.41) is 24.0. The van der Waals surface area contributed by atoms with Crippen molar-refractivity contribution in [1.29, 1.82) is 0 Å². The van der Waals surface area contributed by atoms with Gasteiger partial charge < -0.3 is 10.4 Å². The lowest BCUT2D eigenvalue weighted by Gasteiger charge is -2.11. The normalized spacial score (nSPS) is 10.4. The van der Waals surface area contributed by atoms with Crippen molar-refractivity contribution < 1.29 is 14.8 Å². The maximum atomic E-state index is 11.4. The van der Waals surface area contributed by atoms with Crippen LogP contribution in [0.1, 0.15) is 10.4 Å². The van der Waals surface area contributed by atoms with E-state index in [9.17, 15) is 20.0 Å². The molecule has 136 valence electrons. The number of carboxylic acids is 1. The van der Waals surface area contributed by atoms with Gasteiger partial charge >= 0.3 is 5.97 Å². The highest BCUT2D eigenvalue weighted by Gasteiger charge is 2.16. The third-order valence-corrected chi connectivity index (χ3v) is 4.69. The van der Waals surface area contributed by atoms with Crippen molar-refractivity contribution in [3.8, 4) is 11.1 Å². The molecule has 6 nitrogen and oxygen atoms in total. The van der Waals surface area contributed by atoms with Gasteiger partial charge in [-0.15, -0.1) is 0 Å². The summed E-state index contributed by atoms with van der Waals surface area (Å²) in [6.45, 7) is 0. The average molecular weight is 403 g/mol. The Bertz CT molecular complexity index is 1040. The molecular formula is C19H12Cl2N2O4. The van der Waals surface area contributed by atoms with Crippen LogP contribution in [-0.2, 0) is 0 Å². The molecule has 3 aromatic carbocycles. The summed E-state index contributed by atoms with van der Waals surface area (Å²) >= 11 is 12.3. The SMILES string of the molecule is O=C(O)c1cc([N+](=O)[O-])ccc1Nc1ccc(-c2cccc(Cl)c2Cl)cc1. The Morgan fingerprint density at radius 3 is 2.37 bits per heavy atom. The minimum Gasteiger partial charge on any atom is -0.478 e. The number of halogens is 2. The van der Waals surface area contributed by atoms with Gasteiger partial charge in [-0.3, -0.25) is 10.1 Å². The van der Waals surface area contributed by atoms with Gasteiger partial charge in [0.25, 0.3) is 5.69 Å². The van der Waals surface area contributed by atoms with E-state index in [2.05, 4.69) is 5.32 Å². The van der Waals surface area contributed by atoms with E-state index < -0.39 is 10.9 Å². The van der Waals surface area contributed by atoms with Crippen molar-refractivity contribution in [2.24, 2.45) is 0 Å². The molecule has 0 aliphatic heterocycles. The minimum atomic E-state index is -1.26. The zero-order valence-corrected chi connectivity index (χ0v) is 15.2.